The van der Waals surface area contributed by atoms with Gasteiger partial charge in [-0.25, -0.2) is 4.98 Å². The third-order valence-corrected chi connectivity index (χ3v) is 5.45. The SMILES string of the molecule is O=C(C1CCC1)N(Cc1nccn1Cc1cccc(C(F)(F)F)c1)C1CC1. The Hall–Kier alpha value is -2.31. The van der Waals surface area contributed by atoms with Crippen LogP contribution in [0.15, 0.2) is 36.7 Å². The molecule has 4 rings (SSSR count). The Morgan fingerprint density at radius 2 is 2.00 bits per heavy atom. The van der Waals surface area contributed by atoms with E-state index in [2.05, 4.69) is 4.98 Å². The number of alkyl halides is 3. The molecule has 4 nitrogen and oxygen atoms in total. The largest absolute Gasteiger partial charge is 0.416 e. The molecule has 2 aromatic rings. The van der Waals surface area contributed by atoms with Gasteiger partial charge in [-0.3, -0.25) is 4.79 Å². The molecule has 1 aromatic carbocycles. The number of benzene rings is 1. The highest BCUT2D eigenvalue weighted by molar-refractivity contribution is 5.80. The summed E-state index contributed by atoms with van der Waals surface area (Å²) in [6, 6.07) is 5.63. The molecule has 0 aliphatic heterocycles. The molecule has 0 saturated heterocycles. The molecule has 27 heavy (non-hydrogen) atoms. The first-order chi connectivity index (χ1) is 12.9. The van der Waals surface area contributed by atoms with Gasteiger partial charge in [0.15, 0.2) is 0 Å². The maximum atomic E-state index is 12.9. The lowest BCUT2D eigenvalue weighted by Gasteiger charge is -2.31. The molecule has 0 unspecified atom stereocenters. The third kappa shape index (κ3) is 4.01. The molecule has 0 N–H and O–H groups in total. The van der Waals surface area contributed by atoms with Gasteiger partial charge in [-0.15, -0.1) is 0 Å². The van der Waals surface area contributed by atoms with Crippen molar-refractivity contribution in [1.82, 2.24) is 14.5 Å². The van der Waals surface area contributed by atoms with Gasteiger partial charge in [-0.2, -0.15) is 13.2 Å². The van der Waals surface area contributed by atoms with Crippen molar-refractivity contribution in [3.8, 4) is 0 Å². The van der Waals surface area contributed by atoms with Gasteiger partial charge in [-0.05, 0) is 43.4 Å². The Morgan fingerprint density at radius 3 is 2.63 bits per heavy atom. The molecule has 1 heterocycles. The molecule has 0 radical (unpaired) electrons. The fourth-order valence-electron chi connectivity index (χ4n) is 3.49. The van der Waals surface area contributed by atoms with Crippen molar-refractivity contribution in [2.45, 2.75) is 57.4 Å². The number of amides is 1. The van der Waals surface area contributed by atoms with E-state index in [0.717, 1.165) is 38.2 Å². The Balaban J connectivity index is 1.50. The lowest BCUT2D eigenvalue weighted by atomic mass is 9.84. The second-order valence-corrected chi connectivity index (χ2v) is 7.49. The third-order valence-electron chi connectivity index (χ3n) is 5.45. The molecule has 7 heteroatoms. The number of carbonyl (C=O) groups is 1. The van der Waals surface area contributed by atoms with E-state index >= 15 is 0 Å². The van der Waals surface area contributed by atoms with Crippen LogP contribution in [-0.4, -0.2) is 26.4 Å². The highest BCUT2D eigenvalue weighted by atomic mass is 19.4. The van der Waals surface area contributed by atoms with Crippen LogP contribution in [0.3, 0.4) is 0 Å². The lowest BCUT2D eigenvalue weighted by molar-refractivity contribution is -0.139. The molecule has 2 fully saturated rings. The minimum atomic E-state index is -4.36. The first kappa shape index (κ1) is 18.1. The fourth-order valence-corrected chi connectivity index (χ4v) is 3.49. The summed E-state index contributed by atoms with van der Waals surface area (Å²) < 4.78 is 40.6. The maximum absolute atomic E-state index is 12.9. The summed E-state index contributed by atoms with van der Waals surface area (Å²) in [6.45, 7) is 0.724. The monoisotopic (exact) mass is 377 g/mol. The van der Waals surface area contributed by atoms with Crippen LogP contribution in [0.2, 0.25) is 0 Å². The molecule has 0 bridgehead atoms. The number of nitrogens with zero attached hydrogens (tertiary/aromatic N) is 3. The standard InChI is InChI=1S/C20H22F3N3O/c21-20(22,23)16-6-1-3-14(11-16)12-25-10-9-24-18(25)13-26(17-7-8-17)19(27)15-4-2-5-15/h1,3,6,9-11,15,17H,2,4-5,7-8,12-13H2. The Labute approximate surface area is 156 Å². The quantitative estimate of drug-likeness (QED) is 0.755. The summed E-state index contributed by atoms with van der Waals surface area (Å²) in [6.07, 6.45) is 4.11. The van der Waals surface area contributed by atoms with Crippen LogP contribution < -0.4 is 0 Å². The maximum Gasteiger partial charge on any atom is 0.416 e. The normalized spacial score (nSPS) is 17.6. The van der Waals surface area contributed by atoms with E-state index in [4.69, 9.17) is 0 Å². The zero-order chi connectivity index (χ0) is 19.0. The average Bonchev–Trinajstić information content (AvgIpc) is 3.32. The second kappa shape index (κ2) is 7.02. The van der Waals surface area contributed by atoms with Crippen LogP contribution in [-0.2, 0) is 24.1 Å². The Morgan fingerprint density at radius 1 is 1.22 bits per heavy atom. The first-order valence-corrected chi connectivity index (χ1v) is 9.38. The summed E-state index contributed by atoms with van der Waals surface area (Å²) in [5.74, 6) is 1.06. The molecule has 2 aliphatic carbocycles. The smallest absolute Gasteiger partial charge is 0.332 e. The molecule has 0 atom stereocenters. The van der Waals surface area contributed by atoms with Crippen molar-refractivity contribution in [2.24, 2.45) is 5.92 Å². The number of imidazole rings is 1. The van der Waals surface area contributed by atoms with Gasteiger partial charge in [0.25, 0.3) is 0 Å². The number of hydrogen-bond donors (Lipinski definition) is 0. The van der Waals surface area contributed by atoms with Crippen molar-refractivity contribution >= 4 is 5.91 Å². The lowest BCUT2D eigenvalue weighted by Crippen LogP contribution is -2.40. The van der Waals surface area contributed by atoms with E-state index in [-0.39, 0.29) is 17.9 Å². The zero-order valence-corrected chi connectivity index (χ0v) is 15.0. The van der Waals surface area contributed by atoms with Crippen LogP contribution in [0.4, 0.5) is 13.2 Å². The van der Waals surface area contributed by atoms with Gasteiger partial charge in [0.05, 0.1) is 12.1 Å². The summed E-state index contributed by atoms with van der Waals surface area (Å²) >= 11 is 0. The Kier molecular flexibility index (Phi) is 4.70. The molecule has 1 aromatic heterocycles. The summed E-state index contributed by atoms with van der Waals surface area (Å²) in [5.41, 5.74) is -0.0891. The summed E-state index contributed by atoms with van der Waals surface area (Å²) in [4.78, 5) is 19.0. The van der Waals surface area contributed by atoms with Crippen molar-refractivity contribution in [2.75, 3.05) is 0 Å². The highest BCUT2D eigenvalue weighted by Crippen LogP contribution is 2.35. The molecular formula is C20H22F3N3O. The van der Waals surface area contributed by atoms with E-state index in [1.807, 2.05) is 9.47 Å². The van der Waals surface area contributed by atoms with E-state index in [0.29, 0.717) is 24.5 Å². The number of rotatable bonds is 6. The predicted molar refractivity (Wildman–Crippen MR) is 93.7 cm³/mol. The number of aromatic nitrogens is 2. The van der Waals surface area contributed by atoms with Crippen LogP contribution in [0, 0.1) is 5.92 Å². The van der Waals surface area contributed by atoms with Gasteiger partial charge < -0.3 is 9.47 Å². The minimum Gasteiger partial charge on any atom is -0.332 e. The van der Waals surface area contributed by atoms with Gasteiger partial charge >= 0.3 is 6.18 Å². The van der Waals surface area contributed by atoms with Crippen molar-refractivity contribution in [3.63, 3.8) is 0 Å². The van der Waals surface area contributed by atoms with Crippen LogP contribution >= 0.6 is 0 Å². The predicted octanol–water partition coefficient (Wildman–Crippen LogP) is 4.24. The van der Waals surface area contributed by atoms with E-state index in [1.54, 1.807) is 18.5 Å². The fraction of sp³-hybridized carbons (Fsp3) is 0.500. The molecule has 1 amide bonds. The molecule has 144 valence electrons. The first-order valence-electron chi connectivity index (χ1n) is 9.38. The van der Waals surface area contributed by atoms with Gasteiger partial charge in [0, 0.05) is 30.9 Å². The topological polar surface area (TPSA) is 38.1 Å². The minimum absolute atomic E-state index is 0.137. The molecule has 0 spiro atoms. The summed E-state index contributed by atoms with van der Waals surface area (Å²) in [7, 11) is 0. The van der Waals surface area contributed by atoms with Gasteiger partial charge in [-0.1, -0.05) is 18.6 Å². The zero-order valence-electron chi connectivity index (χ0n) is 15.0. The van der Waals surface area contributed by atoms with Gasteiger partial charge in [0.1, 0.15) is 5.82 Å². The van der Waals surface area contributed by atoms with E-state index in [1.165, 1.54) is 12.1 Å². The van der Waals surface area contributed by atoms with Crippen molar-refractivity contribution < 1.29 is 18.0 Å². The number of carbonyl (C=O) groups excluding carboxylic acids is 1. The van der Waals surface area contributed by atoms with Crippen LogP contribution in [0.1, 0.15) is 49.1 Å². The van der Waals surface area contributed by atoms with Crippen molar-refractivity contribution in [3.05, 3.63) is 53.6 Å². The molecule has 2 saturated carbocycles. The van der Waals surface area contributed by atoms with E-state index in [9.17, 15) is 18.0 Å². The summed E-state index contributed by atoms with van der Waals surface area (Å²) in [5, 5.41) is 0. The van der Waals surface area contributed by atoms with E-state index < -0.39 is 11.7 Å². The number of hydrogen-bond acceptors (Lipinski definition) is 2. The number of halogens is 3. The van der Waals surface area contributed by atoms with Crippen LogP contribution in [0.25, 0.3) is 0 Å². The van der Waals surface area contributed by atoms with Gasteiger partial charge in [0.2, 0.25) is 5.91 Å². The second-order valence-electron chi connectivity index (χ2n) is 7.49. The van der Waals surface area contributed by atoms with Crippen LogP contribution in [0.5, 0.6) is 0 Å². The Bertz CT molecular complexity index is 822. The average molecular weight is 377 g/mol. The van der Waals surface area contributed by atoms with Crippen molar-refractivity contribution in [1.29, 1.82) is 0 Å². The molecule has 2 aliphatic rings. The molecular weight excluding hydrogens is 355 g/mol. The highest BCUT2D eigenvalue weighted by Gasteiger charge is 2.38.